The Morgan fingerprint density at radius 3 is 2.79 bits per heavy atom. The van der Waals surface area contributed by atoms with Gasteiger partial charge in [0, 0.05) is 6.54 Å². The lowest BCUT2D eigenvalue weighted by Gasteiger charge is -2.22. The molecule has 1 aromatic carbocycles. The third kappa shape index (κ3) is 6.38. The lowest BCUT2D eigenvalue weighted by atomic mass is 10.1. The van der Waals surface area contributed by atoms with Crippen LogP contribution in [-0.2, 0) is 6.54 Å². The lowest BCUT2D eigenvalue weighted by Crippen LogP contribution is -2.29. The largest absolute Gasteiger partial charge is 0.484 e. The van der Waals surface area contributed by atoms with E-state index in [1.807, 2.05) is 0 Å². The van der Waals surface area contributed by atoms with Gasteiger partial charge in [-0.25, -0.2) is 4.68 Å². The fourth-order valence-corrected chi connectivity index (χ4v) is 2.81. The number of hydrogen-bond donors (Lipinski definition) is 2. The average Bonchev–Trinajstić information content (AvgIpc) is 3.15. The number of ether oxygens (including phenoxy) is 1. The summed E-state index contributed by atoms with van der Waals surface area (Å²) >= 11 is 0. The molecule has 7 nitrogen and oxygen atoms in total. The predicted molar refractivity (Wildman–Crippen MR) is 97.6 cm³/mol. The predicted octanol–water partition coefficient (Wildman–Crippen LogP) is 2.50. The minimum Gasteiger partial charge on any atom is -0.484 e. The first-order valence-corrected chi connectivity index (χ1v) is 8.60. The van der Waals surface area contributed by atoms with Crippen molar-refractivity contribution in [3.63, 3.8) is 0 Å². The number of rotatable bonds is 6. The number of alkyl halides is 3. The molecule has 2 N–H and O–H groups in total. The van der Waals surface area contributed by atoms with Crippen molar-refractivity contribution in [3.8, 4) is 5.75 Å². The second-order valence-electron chi connectivity index (χ2n) is 6.30. The Morgan fingerprint density at radius 2 is 2.07 bits per heavy atom. The summed E-state index contributed by atoms with van der Waals surface area (Å²) in [5, 5.41) is 13.9. The Hall–Kier alpha value is -2.33. The highest BCUT2D eigenvalue weighted by Crippen LogP contribution is 2.20. The first-order valence-electron chi connectivity index (χ1n) is 8.60. The van der Waals surface area contributed by atoms with E-state index in [1.165, 1.54) is 12.1 Å². The molecule has 1 amide bonds. The maximum absolute atomic E-state index is 12.2. The van der Waals surface area contributed by atoms with Crippen LogP contribution in [0.25, 0.3) is 0 Å². The Balaban J connectivity index is 0.00000280. The van der Waals surface area contributed by atoms with E-state index in [2.05, 4.69) is 20.9 Å². The third-order valence-corrected chi connectivity index (χ3v) is 4.18. The Kier molecular flexibility index (Phi) is 7.64. The average molecular weight is 420 g/mol. The van der Waals surface area contributed by atoms with Gasteiger partial charge in [0.1, 0.15) is 5.75 Å². The molecule has 1 saturated heterocycles. The van der Waals surface area contributed by atoms with Crippen LogP contribution in [0, 0.1) is 0 Å². The standard InChI is InChI=1S/C17H20F3N5O2.ClH/c18-17(19,20)11-27-14-3-1-2-12(8-14)9-22-16(26)15-10-25(24-23-15)13-4-6-21-7-5-13;/h1-3,8,10,13,21H,4-7,9,11H2,(H,22,26);1H. The second-order valence-corrected chi connectivity index (χ2v) is 6.30. The van der Waals surface area contributed by atoms with E-state index in [0.29, 0.717) is 5.56 Å². The summed E-state index contributed by atoms with van der Waals surface area (Å²) < 4.78 is 43.1. The summed E-state index contributed by atoms with van der Waals surface area (Å²) in [5.74, 6) is -0.298. The van der Waals surface area contributed by atoms with Crippen LogP contribution in [0.3, 0.4) is 0 Å². The van der Waals surface area contributed by atoms with Crippen LogP contribution in [-0.4, -0.2) is 46.8 Å². The first kappa shape index (κ1) is 22.0. The van der Waals surface area contributed by atoms with E-state index in [4.69, 9.17) is 4.74 Å². The molecular weight excluding hydrogens is 399 g/mol. The molecule has 0 saturated carbocycles. The van der Waals surface area contributed by atoms with E-state index in [1.54, 1.807) is 23.0 Å². The number of nitrogens with one attached hydrogen (secondary N) is 2. The highest BCUT2D eigenvalue weighted by atomic mass is 35.5. The molecule has 0 unspecified atom stereocenters. The van der Waals surface area contributed by atoms with Gasteiger partial charge in [-0.05, 0) is 43.6 Å². The third-order valence-electron chi connectivity index (χ3n) is 4.18. The van der Waals surface area contributed by atoms with Gasteiger partial charge in [0.25, 0.3) is 5.91 Å². The maximum atomic E-state index is 12.2. The van der Waals surface area contributed by atoms with Gasteiger partial charge in [0.05, 0.1) is 12.2 Å². The van der Waals surface area contributed by atoms with E-state index < -0.39 is 18.7 Å². The maximum Gasteiger partial charge on any atom is 0.422 e. The minimum absolute atomic E-state index is 0. The zero-order valence-electron chi connectivity index (χ0n) is 14.9. The van der Waals surface area contributed by atoms with Crippen LogP contribution in [0.2, 0.25) is 0 Å². The number of carbonyl (C=O) groups is 1. The molecule has 1 aliphatic heterocycles. The topological polar surface area (TPSA) is 81.1 Å². The van der Waals surface area contributed by atoms with E-state index in [0.717, 1.165) is 25.9 Å². The van der Waals surface area contributed by atoms with E-state index >= 15 is 0 Å². The summed E-state index contributed by atoms with van der Waals surface area (Å²) in [6, 6.07) is 6.37. The van der Waals surface area contributed by atoms with Crippen molar-refractivity contribution in [2.75, 3.05) is 19.7 Å². The molecule has 0 aliphatic carbocycles. The van der Waals surface area contributed by atoms with E-state index in [-0.39, 0.29) is 36.4 Å². The van der Waals surface area contributed by atoms with Gasteiger partial charge in [0.2, 0.25) is 0 Å². The molecule has 1 aromatic heterocycles. The highest BCUT2D eigenvalue weighted by Gasteiger charge is 2.28. The second kappa shape index (κ2) is 9.74. The van der Waals surface area contributed by atoms with Crippen molar-refractivity contribution >= 4 is 18.3 Å². The molecule has 0 bridgehead atoms. The van der Waals surface area contributed by atoms with Crippen molar-refractivity contribution in [3.05, 3.63) is 41.7 Å². The van der Waals surface area contributed by atoms with Gasteiger partial charge in [0.15, 0.2) is 12.3 Å². The van der Waals surface area contributed by atoms with Crippen molar-refractivity contribution < 1.29 is 22.7 Å². The van der Waals surface area contributed by atoms with Crippen LogP contribution >= 0.6 is 12.4 Å². The Labute approximate surface area is 166 Å². The molecular formula is C17H21ClF3N5O2. The molecule has 11 heteroatoms. The summed E-state index contributed by atoms with van der Waals surface area (Å²) in [5.41, 5.74) is 0.826. The van der Waals surface area contributed by atoms with Gasteiger partial charge in [-0.2, -0.15) is 13.2 Å². The number of piperidine rings is 1. The van der Waals surface area contributed by atoms with Gasteiger partial charge < -0.3 is 15.4 Å². The van der Waals surface area contributed by atoms with Crippen LogP contribution in [0.1, 0.15) is 34.9 Å². The van der Waals surface area contributed by atoms with Crippen molar-refractivity contribution in [2.24, 2.45) is 0 Å². The van der Waals surface area contributed by atoms with Crippen LogP contribution in [0.15, 0.2) is 30.5 Å². The smallest absolute Gasteiger partial charge is 0.422 e. The molecule has 154 valence electrons. The molecule has 28 heavy (non-hydrogen) atoms. The number of hydrogen-bond acceptors (Lipinski definition) is 5. The molecule has 3 rings (SSSR count). The van der Waals surface area contributed by atoms with Crippen molar-refractivity contribution in [1.82, 2.24) is 25.6 Å². The number of halogens is 4. The fourth-order valence-electron chi connectivity index (χ4n) is 2.81. The fraction of sp³-hybridized carbons (Fsp3) is 0.471. The quantitative estimate of drug-likeness (QED) is 0.752. The van der Waals surface area contributed by atoms with Gasteiger partial charge >= 0.3 is 6.18 Å². The summed E-state index contributed by atoms with van der Waals surface area (Å²) in [4.78, 5) is 12.2. The van der Waals surface area contributed by atoms with Crippen LogP contribution < -0.4 is 15.4 Å². The molecule has 2 aromatic rings. The van der Waals surface area contributed by atoms with E-state index in [9.17, 15) is 18.0 Å². The molecule has 0 radical (unpaired) electrons. The first-order chi connectivity index (χ1) is 12.9. The minimum atomic E-state index is -4.40. The van der Waals surface area contributed by atoms with Gasteiger partial charge in [-0.1, -0.05) is 17.3 Å². The zero-order valence-corrected chi connectivity index (χ0v) is 15.7. The zero-order chi connectivity index (χ0) is 19.3. The molecule has 0 spiro atoms. The van der Waals surface area contributed by atoms with Crippen molar-refractivity contribution in [2.45, 2.75) is 31.6 Å². The number of amides is 1. The number of aromatic nitrogens is 3. The van der Waals surface area contributed by atoms with Gasteiger partial charge in [-0.15, -0.1) is 17.5 Å². The number of benzene rings is 1. The molecule has 2 heterocycles. The summed E-state index contributed by atoms with van der Waals surface area (Å²) in [6.45, 7) is 0.586. The molecule has 0 atom stereocenters. The van der Waals surface area contributed by atoms with Crippen molar-refractivity contribution in [1.29, 1.82) is 0 Å². The summed E-state index contributed by atoms with van der Waals surface area (Å²) in [7, 11) is 0. The van der Waals surface area contributed by atoms with Crippen LogP contribution in [0.5, 0.6) is 5.75 Å². The molecule has 1 fully saturated rings. The highest BCUT2D eigenvalue weighted by molar-refractivity contribution is 5.91. The normalized spacial score (nSPS) is 15.0. The Morgan fingerprint density at radius 1 is 1.32 bits per heavy atom. The Bertz CT molecular complexity index is 778. The van der Waals surface area contributed by atoms with Gasteiger partial charge in [-0.3, -0.25) is 4.79 Å². The number of carbonyl (C=O) groups excluding carboxylic acids is 1. The SMILES string of the molecule is Cl.O=C(NCc1cccc(OCC(F)(F)F)c1)c1cn(C2CCNCC2)nn1. The lowest BCUT2D eigenvalue weighted by molar-refractivity contribution is -0.153. The monoisotopic (exact) mass is 419 g/mol. The van der Waals surface area contributed by atoms with Crippen LogP contribution in [0.4, 0.5) is 13.2 Å². The number of nitrogens with zero attached hydrogens (tertiary/aromatic N) is 3. The molecule has 1 aliphatic rings. The summed E-state index contributed by atoms with van der Waals surface area (Å²) in [6.07, 6.45) is -0.928.